The van der Waals surface area contributed by atoms with Crippen LogP contribution in [0.15, 0.2) is 23.1 Å². The highest BCUT2D eigenvalue weighted by atomic mass is 32.2. The lowest BCUT2D eigenvalue weighted by molar-refractivity contribution is -0.140. The van der Waals surface area contributed by atoms with E-state index < -0.39 is 0 Å². The summed E-state index contributed by atoms with van der Waals surface area (Å²) in [4.78, 5) is 12.8. The number of carbonyl (C=O) groups excluding carboxylic acids is 1. The van der Waals surface area contributed by atoms with Crippen LogP contribution >= 0.6 is 11.8 Å². The van der Waals surface area contributed by atoms with Gasteiger partial charge in [0.05, 0.1) is 7.11 Å². The standard InChI is InChI=1S/C14H21NO2S/c1-4-5-6-13(14(16)17-3)18-12-8-7-11(15)9-10(12)2/h7-9,13H,4-6,15H2,1-3H3. The number of hydrogen-bond donors (Lipinski definition) is 1. The number of unbranched alkanes of at least 4 members (excludes halogenated alkanes) is 1. The summed E-state index contributed by atoms with van der Waals surface area (Å²) in [5.74, 6) is -0.148. The first kappa shape index (κ1) is 14.9. The number of benzene rings is 1. The molecule has 4 heteroatoms. The molecule has 0 heterocycles. The number of aryl methyl sites for hydroxylation is 1. The number of carbonyl (C=O) groups is 1. The molecule has 0 saturated heterocycles. The molecule has 0 amide bonds. The van der Waals surface area contributed by atoms with Crippen molar-refractivity contribution in [2.45, 2.75) is 43.3 Å². The number of nitrogens with two attached hydrogens (primary N) is 1. The van der Waals surface area contributed by atoms with Crippen LogP contribution in [0.2, 0.25) is 0 Å². The van der Waals surface area contributed by atoms with Crippen LogP contribution < -0.4 is 5.73 Å². The minimum Gasteiger partial charge on any atom is -0.468 e. The van der Waals surface area contributed by atoms with E-state index in [1.54, 1.807) is 11.8 Å². The molecule has 0 bridgehead atoms. The fourth-order valence-corrected chi connectivity index (χ4v) is 2.88. The van der Waals surface area contributed by atoms with Gasteiger partial charge in [-0.15, -0.1) is 11.8 Å². The zero-order valence-corrected chi connectivity index (χ0v) is 12.0. The fraction of sp³-hybridized carbons (Fsp3) is 0.500. The fourth-order valence-electron chi connectivity index (χ4n) is 1.70. The number of hydrogen-bond acceptors (Lipinski definition) is 4. The van der Waals surface area contributed by atoms with E-state index in [-0.39, 0.29) is 11.2 Å². The number of anilines is 1. The van der Waals surface area contributed by atoms with Crippen molar-refractivity contribution in [2.75, 3.05) is 12.8 Å². The first-order chi connectivity index (χ1) is 8.58. The molecular weight excluding hydrogens is 246 g/mol. The van der Waals surface area contributed by atoms with Crippen LogP contribution in [0.1, 0.15) is 31.7 Å². The van der Waals surface area contributed by atoms with E-state index in [0.717, 1.165) is 35.4 Å². The average Bonchev–Trinajstić information content (AvgIpc) is 2.36. The number of rotatable bonds is 6. The molecule has 0 saturated carbocycles. The van der Waals surface area contributed by atoms with Crippen molar-refractivity contribution < 1.29 is 9.53 Å². The molecule has 1 unspecified atom stereocenters. The molecule has 0 aliphatic heterocycles. The lowest BCUT2D eigenvalue weighted by atomic mass is 10.2. The molecule has 1 atom stereocenters. The Labute approximate surface area is 113 Å². The van der Waals surface area contributed by atoms with Gasteiger partial charge in [-0.1, -0.05) is 19.8 Å². The third kappa shape index (κ3) is 4.26. The Balaban J connectivity index is 2.78. The van der Waals surface area contributed by atoms with Gasteiger partial charge in [-0.05, 0) is 37.1 Å². The van der Waals surface area contributed by atoms with E-state index in [1.165, 1.54) is 7.11 Å². The minimum atomic E-state index is -0.148. The molecule has 3 nitrogen and oxygen atoms in total. The van der Waals surface area contributed by atoms with Crippen molar-refractivity contribution in [3.63, 3.8) is 0 Å². The second-order valence-corrected chi connectivity index (χ2v) is 5.54. The molecule has 1 aromatic rings. The lowest BCUT2D eigenvalue weighted by Crippen LogP contribution is -2.18. The van der Waals surface area contributed by atoms with Gasteiger partial charge in [0.1, 0.15) is 5.25 Å². The second-order valence-electron chi connectivity index (χ2n) is 4.30. The van der Waals surface area contributed by atoms with Gasteiger partial charge in [-0.3, -0.25) is 4.79 Å². The van der Waals surface area contributed by atoms with Gasteiger partial charge in [0.2, 0.25) is 0 Å². The number of methoxy groups -OCH3 is 1. The van der Waals surface area contributed by atoms with Gasteiger partial charge in [0, 0.05) is 10.6 Å². The van der Waals surface area contributed by atoms with Crippen LogP contribution in [0, 0.1) is 6.92 Å². The molecule has 100 valence electrons. The zero-order valence-electron chi connectivity index (χ0n) is 11.2. The maximum atomic E-state index is 11.7. The smallest absolute Gasteiger partial charge is 0.319 e. The number of esters is 1. The molecule has 0 spiro atoms. The summed E-state index contributed by atoms with van der Waals surface area (Å²) in [5.41, 5.74) is 7.58. The Morgan fingerprint density at radius 1 is 1.50 bits per heavy atom. The van der Waals surface area contributed by atoms with E-state index in [2.05, 4.69) is 6.92 Å². The van der Waals surface area contributed by atoms with Gasteiger partial charge in [-0.25, -0.2) is 0 Å². The van der Waals surface area contributed by atoms with Crippen LogP contribution in [0.4, 0.5) is 5.69 Å². The Hall–Kier alpha value is -1.16. The summed E-state index contributed by atoms with van der Waals surface area (Å²) < 4.78 is 4.86. The van der Waals surface area contributed by atoms with E-state index in [4.69, 9.17) is 10.5 Å². The van der Waals surface area contributed by atoms with Crippen molar-refractivity contribution >= 4 is 23.4 Å². The van der Waals surface area contributed by atoms with Gasteiger partial charge < -0.3 is 10.5 Å². The highest BCUT2D eigenvalue weighted by Crippen LogP contribution is 2.31. The summed E-state index contributed by atoms with van der Waals surface area (Å²) in [5, 5.41) is -0.128. The molecule has 0 aliphatic carbocycles. The first-order valence-electron chi connectivity index (χ1n) is 6.19. The summed E-state index contributed by atoms with van der Waals surface area (Å²) in [6.07, 6.45) is 2.95. The Kier molecular flexibility index (Phi) is 6.05. The normalized spacial score (nSPS) is 12.2. The Morgan fingerprint density at radius 2 is 2.22 bits per heavy atom. The van der Waals surface area contributed by atoms with Crippen molar-refractivity contribution in [3.8, 4) is 0 Å². The van der Waals surface area contributed by atoms with Crippen LogP contribution in [0.25, 0.3) is 0 Å². The molecular formula is C14H21NO2S. The van der Waals surface area contributed by atoms with Gasteiger partial charge in [0.15, 0.2) is 0 Å². The third-order valence-corrected chi connectivity index (χ3v) is 4.18. The van der Waals surface area contributed by atoms with Crippen molar-refractivity contribution in [1.29, 1.82) is 0 Å². The molecule has 0 aromatic heterocycles. The van der Waals surface area contributed by atoms with Crippen LogP contribution in [0.3, 0.4) is 0 Å². The summed E-state index contributed by atoms with van der Waals surface area (Å²) in [7, 11) is 1.44. The van der Waals surface area contributed by atoms with Crippen molar-refractivity contribution in [3.05, 3.63) is 23.8 Å². The van der Waals surface area contributed by atoms with Gasteiger partial charge in [0.25, 0.3) is 0 Å². The van der Waals surface area contributed by atoms with Crippen LogP contribution in [-0.4, -0.2) is 18.3 Å². The summed E-state index contributed by atoms with van der Waals surface area (Å²) >= 11 is 1.57. The summed E-state index contributed by atoms with van der Waals surface area (Å²) in [6, 6.07) is 5.76. The zero-order chi connectivity index (χ0) is 13.5. The predicted molar refractivity (Wildman–Crippen MR) is 76.8 cm³/mol. The van der Waals surface area contributed by atoms with E-state index in [1.807, 2.05) is 25.1 Å². The van der Waals surface area contributed by atoms with Crippen molar-refractivity contribution in [1.82, 2.24) is 0 Å². The molecule has 18 heavy (non-hydrogen) atoms. The predicted octanol–water partition coefficient (Wildman–Crippen LogP) is 3.40. The quantitative estimate of drug-likeness (QED) is 0.487. The first-order valence-corrected chi connectivity index (χ1v) is 7.07. The molecule has 1 aromatic carbocycles. The average molecular weight is 267 g/mol. The largest absolute Gasteiger partial charge is 0.468 e. The molecule has 0 fully saturated rings. The Morgan fingerprint density at radius 3 is 2.78 bits per heavy atom. The second kappa shape index (κ2) is 7.31. The van der Waals surface area contributed by atoms with Crippen LogP contribution in [-0.2, 0) is 9.53 Å². The van der Waals surface area contributed by atoms with Gasteiger partial charge in [-0.2, -0.15) is 0 Å². The third-order valence-electron chi connectivity index (χ3n) is 2.75. The maximum Gasteiger partial charge on any atom is 0.319 e. The maximum absolute atomic E-state index is 11.7. The molecule has 2 N–H and O–H groups in total. The van der Waals surface area contributed by atoms with Crippen molar-refractivity contribution in [2.24, 2.45) is 0 Å². The number of ether oxygens (including phenoxy) is 1. The Bertz CT molecular complexity index is 407. The molecule has 0 aliphatic rings. The van der Waals surface area contributed by atoms with Gasteiger partial charge >= 0.3 is 5.97 Å². The van der Waals surface area contributed by atoms with Crippen LogP contribution in [0.5, 0.6) is 0 Å². The molecule has 0 radical (unpaired) electrons. The SMILES string of the molecule is CCCCC(Sc1ccc(N)cc1C)C(=O)OC. The highest BCUT2D eigenvalue weighted by Gasteiger charge is 2.20. The van der Waals surface area contributed by atoms with E-state index in [0.29, 0.717) is 0 Å². The topological polar surface area (TPSA) is 52.3 Å². The molecule has 1 rings (SSSR count). The summed E-state index contributed by atoms with van der Waals surface area (Å²) in [6.45, 7) is 4.13. The lowest BCUT2D eigenvalue weighted by Gasteiger charge is -2.15. The van der Waals surface area contributed by atoms with E-state index >= 15 is 0 Å². The minimum absolute atomic E-state index is 0.128. The monoisotopic (exact) mass is 267 g/mol. The number of thioether (sulfide) groups is 1. The number of nitrogen functional groups attached to an aromatic ring is 1. The van der Waals surface area contributed by atoms with E-state index in [9.17, 15) is 4.79 Å². The highest BCUT2D eigenvalue weighted by molar-refractivity contribution is 8.00.